The van der Waals surface area contributed by atoms with Crippen LogP contribution >= 0.6 is 0 Å². The summed E-state index contributed by atoms with van der Waals surface area (Å²) in [5.74, 6) is -0.105. The summed E-state index contributed by atoms with van der Waals surface area (Å²) in [6.07, 6.45) is 5.43. The van der Waals surface area contributed by atoms with Crippen molar-refractivity contribution in [2.75, 3.05) is 6.54 Å². The lowest BCUT2D eigenvalue weighted by Crippen LogP contribution is -2.04. The number of nitro groups is 1. The summed E-state index contributed by atoms with van der Waals surface area (Å²) >= 11 is 0. The van der Waals surface area contributed by atoms with Gasteiger partial charge in [-0.1, -0.05) is 36.4 Å². The molecule has 0 bridgehead atoms. The van der Waals surface area contributed by atoms with Crippen LogP contribution in [0.5, 0.6) is 5.88 Å². The molecule has 0 amide bonds. The summed E-state index contributed by atoms with van der Waals surface area (Å²) in [5.41, 5.74) is 11.5. The molecule has 2 heterocycles. The molecule has 0 spiro atoms. The lowest BCUT2D eigenvalue weighted by molar-refractivity contribution is -0.384. The van der Waals surface area contributed by atoms with Gasteiger partial charge in [-0.3, -0.25) is 10.1 Å². The second-order valence-corrected chi connectivity index (χ2v) is 8.86. The summed E-state index contributed by atoms with van der Waals surface area (Å²) in [6.45, 7) is 0.616. The highest BCUT2D eigenvalue weighted by Gasteiger charge is 2.21. The average molecular weight is 495 g/mol. The molecule has 0 aliphatic heterocycles. The number of aliphatic imine (C=N–C) groups is 1. The SMILES string of the molecule is Cn1cnc(-c2ccc(N=C(c3ccc(CCCN)cc3)c3c(O)[nH]c4ccc([N+](=O)[O-])cc34)cc2)c1. The first kappa shape index (κ1) is 24.0. The number of aromatic amines is 1. The van der Waals surface area contributed by atoms with Crippen molar-refractivity contribution in [1.29, 1.82) is 0 Å². The van der Waals surface area contributed by atoms with Crippen molar-refractivity contribution in [1.82, 2.24) is 14.5 Å². The second kappa shape index (κ2) is 10.1. The Hall–Kier alpha value is -4.76. The molecular weight excluding hydrogens is 468 g/mol. The number of aryl methyl sites for hydroxylation is 2. The van der Waals surface area contributed by atoms with Crippen molar-refractivity contribution in [3.8, 4) is 17.1 Å². The summed E-state index contributed by atoms with van der Waals surface area (Å²) in [5, 5.41) is 22.9. The number of nitro benzene ring substituents is 1. The molecule has 4 N–H and O–H groups in total. The second-order valence-electron chi connectivity index (χ2n) is 8.86. The minimum atomic E-state index is -0.452. The number of H-pyrrole nitrogens is 1. The van der Waals surface area contributed by atoms with Gasteiger partial charge in [-0.15, -0.1) is 0 Å². The number of hydrogen-bond donors (Lipinski definition) is 3. The van der Waals surface area contributed by atoms with Gasteiger partial charge >= 0.3 is 0 Å². The van der Waals surface area contributed by atoms with Gasteiger partial charge in [0, 0.05) is 47.4 Å². The molecular formula is C28H26N6O3. The van der Waals surface area contributed by atoms with Gasteiger partial charge in [0.1, 0.15) is 0 Å². The minimum Gasteiger partial charge on any atom is -0.494 e. The zero-order valence-corrected chi connectivity index (χ0v) is 20.3. The fraction of sp³-hybridized carbons (Fsp3) is 0.143. The number of benzene rings is 3. The van der Waals surface area contributed by atoms with E-state index in [1.165, 1.54) is 12.1 Å². The fourth-order valence-corrected chi connectivity index (χ4v) is 4.32. The summed E-state index contributed by atoms with van der Waals surface area (Å²) < 4.78 is 1.88. The Labute approximate surface area is 213 Å². The van der Waals surface area contributed by atoms with Crippen LogP contribution in [0.4, 0.5) is 11.4 Å². The Morgan fingerprint density at radius 2 is 1.89 bits per heavy atom. The Morgan fingerprint density at radius 1 is 1.14 bits per heavy atom. The number of rotatable bonds is 8. The van der Waals surface area contributed by atoms with Gasteiger partial charge in [-0.2, -0.15) is 0 Å². The summed E-state index contributed by atoms with van der Waals surface area (Å²) in [6, 6.07) is 20.0. The standard InChI is InChI=1S/C28H26N6O3/c1-33-16-25(30-17-33)19-8-10-21(11-9-19)31-27(20-6-4-18(5-7-20)3-2-14-29)26-23-15-22(34(36)37)12-13-24(23)32-28(26)35/h4-13,15-17,32,35H,2-3,14,29H2,1H3. The number of aromatic nitrogens is 3. The first-order chi connectivity index (χ1) is 17.9. The topological polar surface area (TPSA) is 135 Å². The maximum Gasteiger partial charge on any atom is 0.270 e. The molecule has 0 aliphatic carbocycles. The molecule has 0 fully saturated rings. The number of nitrogens with one attached hydrogen (secondary N) is 1. The Morgan fingerprint density at radius 3 is 2.54 bits per heavy atom. The zero-order chi connectivity index (χ0) is 25.9. The quantitative estimate of drug-likeness (QED) is 0.154. The van der Waals surface area contributed by atoms with Crippen LogP contribution in [0.15, 0.2) is 84.2 Å². The minimum absolute atomic E-state index is 0.0658. The van der Waals surface area contributed by atoms with E-state index in [1.807, 2.05) is 66.3 Å². The van der Waals surface area contributed by atoms with Gasteiger partial charge in [0.05, 0.1) is 33.9 Å². The molecule has 2 aromatic heterocycles. The molecule has 5 rings (SSSR count). The molecule has 3 aromatic carbocycles. The van der Waals surface area contributed by atoms with Crippen molar-refractivity contribution in [2.24, 2.45) is 17.8 Å². The van der Waals surface area contributed by atoms with Crippen LogP contribution in [0.25, 0.3) is 22.2 Å². The first-order valence-corrected chi connectivity index (χ1v) is 11.9. The van der Waals surface area contributed by atoms with E-state index < -0.39 is 4.92 Å². The van der Waals surface area contributed by atoms with Crippen molar-refractivity contribution in [3.05, 3.63) is 106 Å². The van der Waals surface area contributed by atoms with Gasteiger partial charge in [-0.25, -0.2) is 9.98 Å². The summed E-state index contributed by atoms with van der Waals surface area (Å²) in [7, 11) is 1.92. The van der Waals surface area contributed by atoms with E-state index >= 15 is 0 Å². The van der Waals surface area contributed by atoms with Crippen LogP contribution in [0.3, 0.4) is 0 Å². The van der Waals surface area contributed by atoms with Crippen LogP contribution in [0.2, 0.25) is 0 Å². The average Bonchev–Trinajstić information content (AvgIpc) is 3.48. The smallest absolute Gasteiger partial charge is 0.270 e. The van der Waals surface area contributed by atoms with E-state index in [4.69, 9.17) is 10.7 Å². The molecule has 186 valence electrons. The molecule has 37 heavy (non-hydrogen) atoms. The number of nitrogens with zero attached hydrogens (tertiary/aromatic N) is 4. The highest BCUT2D eigenvalue weighted by atomic mass is 16.6. The maximum absolute atomic E-state index is 11.5. The molecule has 0 saturated carbocycles. The van der Waals surface area contributed by atoms with E-state index in [1.54, 1.807) is 12.4 Å². The number of nitrogens with two attached hydrogens (primary N) is 1. The van der Waals surface area contributed by atoms with E-state index in [9.17, 15) is 15.2 Å². The van der Waals surface area contributed by atoms with Gasteiger partial charge in [0.25, 0.3) is 5.69 Å². The third-order valence-electron chi connectivity index (χ3n) is 6.22. The lowest BCUT2D eigenvalue weighted by Gasteiger charge is -2.09. The highest BCUT2D eigenvalue weighted by molar-refractivity contribution is 6.22. The first-order valence-electron chi connectivity index (χ1n) is 11.9. The van der Waals surface area contributed by atoms with Crippen LogP contribution < -0.4 is 5.73 Å². The Bertz CT molecular complexity index is 1600. The number of fused-ring (bicyclic) bond motifs is 1. The largest absolute Gasteiger partial charge is 0.494 e. The zero-order valence-electron chi connectivity index (χ0n) is 20.3. The fourth-order valence-electron chi connectivity index (χ4n) is 4.32. The number of imidazole rings is 1. The lowest BCUT2D eigenvalue weighted by atomic mass is 9.98. The molecule has 0 radical (unpaired) electrons. The van der Waals surface area contributed by atoms with Crippen LogP contribution in [0.1, 0.15) is 23.1 Å². The highest BCUT2D eigenvalue weighted by Crippen LogP contribution is 2.34. The number of aromatic hydroxyl groups is 1. The Kier molecular flexibility index (Phi) is 6.53. The van der Waals surface area contributed by atoms with E-state index in [0.29, 0.717) is 34.4 Å². The van der Waals surface area contributed by atoms with E-state index in [2.05, 4.69) is 9.97 Å². The molecule has 9 heteroatoms. The van der Waals surface area contributed by atoms with Crippen LogP contribution in [-0.2, 0) is 13.5 Å². The van der Waals surface area contributed by atoms with Crippen molar-refractivity contribution < 1.29 is 10.0 Å². The van der Waals surface area contributed by atoms with E-state index in [0.717, 1.165) is 35.2 Å². The normalized spacial score (nSPS) is 11.8. The Balaban J connectivity index is 1.63. The molecule has 0 saturated heterocycles. The number of hydrogen-bond acceptors (Lipinski definition) is 6. The molecule has 5 aromatic rings. The van der Waals surface area contributed by atoms with Crippen LogP contribution in [0, 0.1) is 10.1 Å². The summed E-state index contributed by atoms with van der Waals surface area (Å²) in [4.78, 5) is 23.2. The monoisotopic (exact) mass is 494 g/mol. The number of non-ortho nitro benzene ring substituents is 1. The predicted octanol–water partition coefficient (Wildman–Crippen LogP) is 5.24. The molecule has 0 aliphatic rings. The maximum atomic E-state index is 11.5. The van der Waals surface area contributed by atoms with Crippen molar-refractivity contribution >= 4 is 28.0 Å². The predicted molar refractivity (Wildman–Crippen MR) is 144 cm³/mol. The third-order valence-corrected chi connectivity index (χ3v) is 6.22. The van der Waals surface area contributed by atoms with Gasteiger partial charge in [0.2, 0.25) is 0 Å². The van der Waals surface area contributed by atoms with E-state index in [-0.39, 0.29) is 11.6 Å². The van der Waals surface area contributed by atoms with Gasteiger partial charge in [0.15, 0.2) is 5.88 Å². The third kappa shape index (κ3) is 4.98. The van der Waals surface area contributed by atoms with Crippen molar-refractivity contribution in [2.45, 2.75) is 12.8 Å². The molecule has 9 nitrogen and oxygen atoms in total. The van der Waals surface area contributed by atoms with Crippen LogP contribution in [-0.4, -0.2) is 36.8 Å². The van der Waals surface area contributed by atoms with Crippen molar-refractivity contribution in [3.63, 3.8) is 0 Å². The molecule has 0 atom stereocenters. The van der Waals surface area contributed by atoms with Gasteiger partial charge in [-0.05, 0) is 43.1 Å². The molecule has 0 unspecified atom stereocenters. The van der Waals surface area contributed by atoms with Gasteiger partial charge < -0.3 is 20.4 Å².